The molecule has 0 spiro atoms. The van der Waals surface area contributed by atoms with Crippen molar-refractivity contribution in [2.75, 3.05) is 5.43 Å². The average molecular weight is 213 g/mol. The summed E-state index contributed by atoms with van der Waals surface area (Å²) in [6, 6.07) is 3.60. The Morgan fingerprint density at radius 2 is 2.07 bits per heavy atom. The molecule has 2 aromatic rings. The minimum atomic E-state index is -0.553. The Morgan fingerprint density at radius 3 is 2.79 bits per heavy atom. The number of aromatic nitrogens is 3. The number of hydrogen-bond acceptors (Lipinski definition) is 3. The lowest BCUT2D eigenvalue weighted by Gasteiger charge is -2.06. The summed E-state index contributed by atoms with van der Waals surface area (Å²) in [5, 5.41) is 0.000978. The highest BCUT2D eigenvalue weighted by Crippen LogP contribution is 2.11. The Kier molecular flexibility index (Phi) is 2.32. The number of nitrogens with zero attached hydrogens (tertiary/aromatic N) is 3. The number of nitrogens with one attached hydrogen (secondary N) is 1. The molecule has 72 valence electrons. The van der Waals surface area contributed by atoms with Crippen molar-refractivity contribution in [2.24, 2.45) is 0 Å². The van der Waals surface area contributed by atoms with E-state index in [0.29, 0.717) is 0 Å². The van der Waals surface area contributed by atoms with E-state index in [9.17, 15) is 4.39 Å². The van der Waals surface area contributed by atoms with Crippen LogP contribution in [0.2, 0.25) is 5.28 Å². The second-order valence-electron chi connectivity index (χ2n) is 2.54. The van der Waals surface area contributed by atoms with Crippen LogP contribution in [0.3, 0.4) is 0 Å². The maximum absolute atomic E-state index is 13.1. The van der Waals surface area contributed by atoms with Crippen LogP contribution in [0.1, 0.15) is 0 Å². The number of halogens is 2. The minimum Gasteiger partial charge on any atom is -0.275 e. The average Bonchev–Trinajstić information content (AvgIpc) is 2.64. The van der Waals surface area contributed by atoms with Crippen LogP contribution in [0, 0.1) is 5.82 Å². The quantitative estimate of drug-likeness (QED) is 0.774. The Labute approximate surface area is 84.3 Å². The van der Waals surface area contributed by atoms with Crippen molar-refractivity contribution in [3.05, 3.63) is 41.8 Å². The molecule has 1 N–H and O–H groups in total. The molecule has 0 aliphatic rings. The van der Waals surface area contributed by atoms with Crippen molar-refractivity contribution in [3.63, 3.8) is 0 Å². The van der Waals surface area contributed by atoms with Gasteiger partial charge in [-0.1, -0.05) is 0 Å². The molecule has 14 heavy (non-hydrogen) atoms. The van der Waals surface area contributed by atoms with Crippen LogP contribution < -0.4 is 5.43 Å². The molecule has 2 aromatic heterocycles. The molecular weight excluding hydrogens is 207 g/mol. The first-order chi connectivity index (χ1) is 6.75. The minimum absolute atomic E-state index is 0.000978. The van der Waals surface area contributed by atoms with Gasteiger partial charge < -0.3 is 0 Å². The van der Waals surface area contributed by atoms with E-state index in [0.717, 1.165) is 6.20 Å². The summed E-state index contributed by atoms with van der Waals surface area (Å²) in [6.07, 6.45) is 4.45. The predicted octanol–water partition coefficient (Wildman–Crippen LogP) is 1.95. The molecule has 2 rings (SSSR count). The monoisotopic (exact) mass is 212 g/mol. The van der Waals surface area contributed by atoms with Gasteiger partial charge >= 0.3 is 0 Å². The molecule has 6 heteroatoms. The Bertz CT molecular complexity index is 429. The topological polar surface area (TPSA) is 42.7 Å². The van der Waals surface area contributed by atoms with Gasteiger partial charge in [0, 0.05) is 12.4 Å². The molecule has 4 nitrogen and oxygen atoms in total. The maximum Gasteiger partial charge on any atom is 0.224 e. The Hall–Kier alpha value is -1.62. The van der Waals surface area contributed by atoms with Crippen LogP contribution in [0.5, 0.6) is 0 Å². The van der Waals surface area contributed by atoms with E-state index in [2.05, 4.69) is 15.4 Å². The van der Waals surface area contributed by atoms with E-state index in [1.807, 2.05) is 0 Å². The molecule has 0 amide bonds. The summed E-state index contributed by atoms with van der Waals surface area (Å²) in [7, 11) is 0. The second-order valence-corrected chi connectivity index (χ2v) is 2.88. The third-order valence-corrected chi connectivity index (χ3v) is 1.74. The zero-order valence-corrected chi connectivity index (χ0v) is 7.74. The van der Waals surface area contributed by atoms with Gasteiger partial charge in [0.05, 0.1) is 6.20 Å². The summed E-state index contributed by atoms with van der Waals surface area (Å²) in [5.74, 6) is -0.510. The van der Waals surface area contributed by atoms with Crippen molar-refractivity contribution in [2.45, 2.75) is 0 Å². The summed E-state index contributed by atoms with van der Waals surface area (Å²) >= 11 is 5.52. The zero-order valence-electron chi connectivity index (χ0n) is 6.98. The van der Waals surface area contributed by atoms with Crippen molar-refractivity contribution >= 4 is 17.4 Å². The molecule has 0 fully saturated rings. The summed E-state index contributed by atoms with van der Waals surface area (Å²) < 4.78 is 14.7. The third kappa shape index (κ3) is 1.82. The molecule has 0 atom stereocenters. The van der Waals surface area contributed by atoms with Gasteiger partial charge in [-0.3, -0.25) is 10.1 Å². The summed E-state index contributed by atoms with van der Waals surface area (Å²) in [5.41, 5.74) is 2.70. The van der Waals surface area contributed by atoms with E-state index in [1.165, 1.54) is 0 Å². The molecular formula is C8H6ClFN4. The number of rotatable bonds is 2. The number of hydrogen-bond donors (Lipinski definition) is 1. The van der Waals surface area contributed by atoms with Crippen LogP contribution >= 0.6 is 11.6 Å². The molecule has 0 aliphatic heterocycles. The van der Waals surface area contributed by atoms with Gasteiger partial charge in [0.25, 0.3) is 0 Å². The second kappa shape index (κ2) is 3.63. The maximum atomic E-state index is 13.1. The van der Waals surface area contributed by atoms with Gasteiger partial charge in [-0.15, -0.1) is 0 Å². The first kappa shape index (κ1) is 8.96. The molecule has 0 aliphatic carbocycles. The zero-order chi connectivity index (χ0) is 9.97. The van der Waals surface area contributed by atoms with Crippen LogP contribution in [-0.4, -0.2) is 14.6 Å². The smallest absolute Gasteiger partial charge is 0.224 e. The summed E-state index contributed by atoms with van der Waals surface area (Å²) in [6.45, 7) is 0. The lowest BCUT2D eigenvalue weighted by atomic mass is 10.6. The Balaban J connectivity index is 2.28. The van der Waals surface area contributed by atoms with Crippen molar-refractivity contribution in [1.29, 1.82) is 0 Å². The van der Waals surface area contributed by atoms with Gasteiger partial charge in [0.15, 0.2) is 11.6 Å². The van der Waals surface area contributed by atoms with Gasteiger partial charge in [0.1, 0.15) is 0 Å². The van der Waals surface area contributed by atoms with Crippen molar-refractivity contribution < 1.29 is 4.39 Å². The van der Waals surface area contributed by atoms with Gasteiger partial charge in [-0.25, -0.2) is 9.37 Å². The van der Waals surface area contributed by atoms with Crippen LogP contribution in [0.15, 0.2) is 30.7 Å². The highest BCUT2D eigenvalue weighted by molar-refractivity contribution is 6.28. The normalized spacial score (nSPS) is 10.1. The molecule has 0 aromatic carbocycles. The first-order valence-corrected chi connectivity index (χ1v) is 4.21. The first-order valence-electron chi connectivity index (χ1n) is 3.84. The van der Waals surface area contributed by atoms with Crippen LogP contribution in [0.25, 0.3) is 0 Å². The highest BCUT2D eigenvalue weighted by Gasteiger charge is 2.04. The molecule has 2 heterocycles. The summed E-state index contributed by atoms with van der Waals surface area (Å²) in [4.78, 5) is 7.19. The fourth-order valence-electron chi connectivity index (χ4n) is 0.955. The molecule has 0 bridgehead atoms. The fourth-order valence-corrected chi connectivity index (χ4v) is 1.09. The molecule has 0 saturated carbocycles. The number of anilines is 1. The Morgan fingerprint density at radius 1 is 1.36 bits per heavy atom. The van der Waals surface area contributed by atoms with E-state index < -0.39 is 5.82 Å². The SMILES string of the molecule is Fc1cnc(Cl)nc1Nn1cccc1. The van der Waals surface area contributed by atoms with Crippen LogP contribution in [0.4, 0.5) is 10.2 Å². The fraction of sp³-hybridized carbons (Fsp3) is 0. The third-order valence-electron chi connectivity index (χ3n) is 1.55. The van der Waals surface area contributed by atoms with Crippen molar-refractivity contribution in [3.8, 4) is 0 Å². The predicted molar refractivity (Wildman–Crippen MR) is 50.5 cm³/mol. The lowest BCUT2D eigenvalue weighted by Crippen LogP contribution is -2.09. The standard InChI is InChI=1S/C8H6ClFN4/c9-8-11-5-6(10)7(12-8)13-14-3-1-2-4-14/h1-5H,(H,11,12,13). The largest absolute Gasteiger partial charge is 0.275 e. The van der Waals surface area contributed by atoms with E-state index in [1.54, 1.807) is 29.2 Å². The molecule has 0 saturated heterocycles. The van der Waals surface area contributed by atoms with E-state index >= 15 is 0 Å². The highest BCUT2D eigenvalue weighted by atomic mass is 35.5. The van der Waals surface area contributed by atoms with E-state index in [-0.39, 0.29) is 11.1 Å². The lowest BCUT2D eigenvalue weighted by molar-refractivity contribution is 0.614. The van der Waals surface area contributed by atoms with Crippen LogP contribution in [-0.2, 0) is 0 Å². The van der Waals surface area contributed by atoms with E-state index in [4.69, 9.17) is 11.6 Å². The van der Waals surface area contributed by atoms with Gasteiger partial charge in [0.2, 0.25) is 5.28 Å². The van der Waals surface area contributed by atoms with Gasteiger partial charge in [-0.2, -0.15) is 4.98 Å². The van der Waals surface area contributed by atoms with Gasteiger partial charge in [-0.05, 0) is 23.7 Å². The molecule has 0 unspecified atom stereocenters. The molecule has 0 radical (unpaired) electrons. The van der Waals surface area contributed by atoms with Crippen molar-refractivity contribution in [1.82, 2.24) is 14.6 Å².